The molecule has 0 aliphatic carbocycles. The van der Waals surface area contributed by atoms with Crippen LogP contribution in [0, 0.1) is 6.92 Å². The van der Waals surface area contributed by atoms with Gasteiger partial charge in [0, 0.05) is 11.5 Å². The van der Waals surface area contributed by atoms with E-state index in [4.69, 9.17) is 4.42 Å². The fourth-order valence-electron chi connectivity index (χ4n) is 1.60. The van der Waals surface area contributed by atoms with Gasteiger partial charge in [0.05, 0.1) is 11.8 Å². The summed E-state index contributed by atoms with van der Waals surface area (Å²) in [6.45, 7) is 3.91. The fraction of sp³-hybridized carbons (Fsp3) is 0.300. The molecule has 0 saturated carbocycles. The average molecular weight is 234 g/mol. The van der Waals surface area contributed by atoms with Crippen LogP contribution in [0.25, 0.3) is 11.4 Å². The zero-order chi connectivity index (χ0) is 11.1. The number of thioether (sulfide) groups is 1. The monoisotopic (exact) mass is 234 g/mol. The van der Waals surface area contributed by atoms with E-state index in [0.717, 1.165) is 33.8 Å². The van der Waals surface area contributed by atoms with Crippen LogP contribution in [0.2, 0.25) is 0 Å². The summed E-state index contributed by atoms with van der Waals surface area (Å²) < 4.78 is 7.05. The second-order valence-electron chi connectivity index (χ2n) is 3.63. The van der Waals surface area contributed by atoms with Crippen molar-refractivity contribution in [1.29, 1.82) is 0 Å². The highest BCUT2D eigenvalue weighted by atomic mass is 32.2. The molecule has 3 heterocycles. The van der Waals surface area contributed by atoms with E-state index in [2.05, 4.69) is 15.3 Å². The Morgan fingerprint density at radius 2 is 2.25 bits per heavy atom. The number of rotatable bonds is 1. The molecule has 2 aromatic rings. The van der Waals surface area contributed by atoms with Gasteiger partial charge in [-0.05, 0) is 19.9 Å². The molecule has 2 aromatic heterocycles. The lowest BCUT2D eigenvalue weighted by Gasteiger charge is -2.09. The van der Waals surface area contributed by atoms with Crippen molar-refractivity contribution < 1.29 is 4.42 Å². The molecule has 0 fully saturated rings. The van der Waals surface area contributed by atoms with Crippen molar-refractivity contribution in [2.75, 3.05) is 5.75 Å². The van der Waals surface area contributed by atoms with Gasteiger partial charge in [-0.25, -0.2) is 0 Å². The third-order valence-corrected chi connectivity index (χ3v) is 3.47. The molecule has 0 bridgehead atoms. The zero-order valence-corrected chi connectivity index (χ0v) is 9.78. The minimum Gasteiger partial charge on any atom is -0.469 e. The Labute approximate surface area is 96.6 Å². The standard InChI is InChI=1S/C10H10N4OS/c1-6-5-16-10-12-11-9(14(10)13-6)8-3-4-15-7(8)2/h3-4H,5H2,1-2H3. The Hall–Kier alpha value is -1.56. The quantitative estimate of drug-likeness (QED) is 0.758. The highest BCUT2D eigenvalue weighted by molar-refractivity contribution is 7.99. The van der Waals surface area contributed by atoms with Crippen molar-refractivity contribution in [3.8, 4) is 11.4 Å². The molecule has 6 heteroatoms. The predicted octanol–water partition coefficient (Wildman–Crippen LogP) is 2.18. The molecule has 0 atom stereocenters. The van der Waals surface area contributed by atoms with Crippen LogP contribution in [0.15, 0.2) is 27.0 Å². The highest BCUT2D eigenvalue weighted by Crippen LogP contribution is 2.28. The molecule has 82 valence electrons. The zero-order valence-electron chi connectivity index (χ0n) is 8.97. The van der Waals surface area contributed by atoms with Crippen LogP contribution in [0.4, 0.5) is 0 Å². The summed E-state index contributed by atoms with van der Waals surface area (Å²) in [5.41, 5.74) is 2.01. The van der Waals surface area contributed by atoms with Gasteiger partial charge in [0.25, 0.3) is 0 Å². The summed E-state index contributed by atoms with van der Waals surface area (Å²) in [6.07, 6.45) is 1.65. The molecule has 0 aromatic carbocycles. The molecule has 0 N–H and O–H groups in total. The largest absolute Gasteiger partial charge is 0.469 e. The van der Waals surface area contributed by atoms with Crippen LogP contribution in [0.3, 0.4) is 0 Å². The van der Waals surface area contributed by atoms with Crippen molar-refractivity contribution in [3.05, 3.63) is 18.1 Å². The molecular formula is C10H10N4OS. The minimum atomic E-state index is 0.743. The SMILES string of the molecule is CC1=Nn2c(nnc2-c2ccoc2C)SC1. The summed E-state index contributed by atoms with van der Waals surface area (Å²) in [5, 5.41) is 13.6. The topological polar surface area (TPSA) is 56.2 Å². The number of aryl methyl sites for hydroxylation is 1. The third kappa shape index (κ3) is 1.37. The maximum Gasteiger partial charge on any atom is 0.212 e. The summed E-state index contributed by atoms with van der Waals surface area (Å²) in [4.78, 5) is 0. The molecule has 0 saturated heterocycles. The van der Waals surface area contributed by atoms with Crippen LogP contribution < -0.4 is 0 Å². The molecule has 1 aliphatic rings. The fourth-order valence-corrected chi connectivity index (χ4v) is 2.34. The van der Waals surface area contributed by atoms with Gasteiger partial charge < -0.3 is 4.42 Å². The summed E-state index contributed by atoms with van der Waals surface area (Å²) >= 11 is 1.65. The number of hydrogen-bond acceptors (Lipinski definition) is 5. The first kappa shape index (κ1) is 9.65. The Morgan fingerprint density at radius 1 is 1.38 bits per heavy atom. The van der Waals surface area contributed by atoms with Crippen molar-refractivity contribution in [2.45, 2.75) is 19.0 Å². The maximum atomic E-state index is 5.27. The molecule has 0 amide bonds. The van der Waals surface area contributed by atoms with Gasteiger partial charge in [-0.2, -0.15) is 9.78 Å². The molecule has 1 aliphatic heterocycles. The smallest absolute Gasteiger partial charge is 0.212 e. The van der Waals surface area contributed by atoms with Gasteiger partial charge in [0.1, 0.15) is 5.76 Å². The van der Waals surface area contributed by atoms with E-state index in [-0.39, 0.29) is 0 Å². The number of hydrogen-bond donors (Lipinski definition) is 0. The van der Waals surface area contributed by atoms with Gasteiger partial charge in [-0.15, -0.1) is 10.2 Å². The number of nitrogens with zero attached hydrogens (tertiary/aromatic N) is 4. The van der Waals surface area contributed by atoms with E-state index in [0.29, 0.717) is 0 Å². The lowest BCUT2D eigenvalue weighted by atomic mass is 10.2. The highest BCUT2D eigenvalue weighted by Gasteiger charge is 2.20. The van der Waals surface area contributed by atoms with E-state index in [9.17, 15) is 0 Å². The van der Waals surface area contributed by atoms with Crippen LogP contribution in [-0.2, 0) is 0 Å². The minimum absolute atomic E-state index is 0.743. The molecule has 5 nitrogen and oxygen atoms in total. The molecule has 0 radical (unpaired) electrons. The Balaban J connectivity index is 2.18. The summed E-state index contributed by atoms with van der Waals surface area (Å²) in [7, 11) is 0. The number of aromatic nitrogens is 3. The summed E-state index contributed by atoms with van der Waals surface area (Å²) in [6, 6.07) is 1.89. The van der Waals surface area contributed by atoms with Gasteiger partial charge >= 0.3 is 0 Å². The first-order valence-corrected chi connectivity index (χ1v) is 5.91. The Morgan fingerprint density at radius 3 is 3.00 bits per heavy atom. The molecular weight excluding hydrogens is 224 g/mol. The van der Waals surface area contributed by atoms with Crippen molar-refractivity contribution >= 4 is 17.5 Å². The third-order valence-electron chi connectivity index (χ3n) is 2.39. The second-order valence-corrected chi connectivity index (χ2v) is 4.57. The normalized spacial score (nSPS) is 14.8. The van der Waals surface area contributed by atoms with E-state index in [1.807, 2.05) is 19.9 Å². The van der Waals surface area contributed by atoms with E-state index >= 15 is 0 Å². The van der Waals surface area contributed by atoms with E-state index < -0.39 is 0 Å². The molecule has 0 unspecified atom stereocenters. The summed E-state index contributed by atoms with van der Waals surface area (Å²) in [5.74, 6) is 2.45. The van der Waals surface area contributed by atoms with Gasteiger partial charge in [0.15, 0.2) is 5.82 Å². The Kier molecular flexibility index (Phi) is 2.10. The lowest BCUT2D eigenvalue weighted by molar-refractivity contribution is 0.534. The second kappa shape index (κ2) is 3.48. The average Bonchev–Trinajstić information content (AvgIpc) is 2.83. The predicted molar refractivity (Wildman–Crippen MR) is 61.7 cm³/mol. The van der Waals surface area contributed by atoms with E-state index in [1.165, 1.54) is 0 Å². The maximum absolute atomic E-state index is 5.27. The molecule has 0 spiro atoms. The van der Waals surface area contributed by atoms with Crippen LogP contribution in [-0.4, -0.2) is 26.3 Å². The lowest BCUT2D eigenvalue weighted by Crippen LogP contribution is -2.08. The molecule has 16 heavy (non-hydrogen) atoms. The van der Waals surface area contributed by atoms with Crippen molar-refractivity contribution in [3.63, 3.8) is 0 Å². The van der Waals surface area contributed by atoms with Gasteiger partial charge in [0.2, 0.25) is 5.16 Å². The Bertz CT molecular complexity index is 569. The van der Waals surface area contributed by atoms with Crippen molar-refractivity contribution in [1.82, 2.24) is 14.9 Å². The van der Waals surface area contributed by atoms with Crippen LogP contribution in [0.5, 0.6) is 0 Å². The van der Waals surface area contributed by atoms with Gasteiger partial charge in [-0.1, -0.05) is 11.8 Å². The number of furan rings is 1. The number of fused-ring (bicyclic) bond motifs is 1. The van der Waals surface area contributed by atoms with Gasteiger partial charge in [-0.3, -0.25) is 0 Å². The first-order valence-electron chi connectivity index (χ1n) is 4.93. The molecule has 3 rings (SSSR count). The first-order chi connectivity index (χ1) is 7.75. The van der Waals surface area contributed by atoms with Crippen LogP contribution >= 0.6 is 11.8 Å². The van der Waals surface area contributed by atoms with E-state index in [1.54, 1.807) is 22.7 Å². The van der Waals surface area contributed by atoms with Crippen molar-refractivity contribution in [2.24, 2.45) is 5.10 Å². The van der Waals surface area contributed by atoms with Crippen LogP contribution in [0.1, 0.15) is 12.7 Å².